The van der Waals surface area contributed by atoms with E-state index >= 15 is 0 Å². The maximum Gasteiger partial charge on any atom is 0.240 e. The summed E-state index contributed by atoms with van der Waals surface area (Å²) in [6.07, 6.45) is 1.05. The quantitative estimate of drug-likeness (QED) is 0.777. The van der Waals surface area contributed by atoms with Crippen molar-refractivity contribution in [1.29, 1.82) is 0 Å². The smallest absolute Gasteiger partial charge is 0.240 e. The molecule has 2 aromatic carbocycles. The van der Waals surface area contributed by atoms with Crippen LogP contribution in [0.4, 0.5) is 11.4 Å². The summed E-state index contributed by atoms with van der Waals surface area (Å²) in [6.45, 7) is 1.85. The molecule has 1 aliphatic carbocycles. The Bertz CT molecular complexity index is 816. The van der Waals surface area contributed by atoms with E-state index in [0.29, 0.717) is 34.3 Å². The summed E-state index contributed by atoms with van der Waals surface area (Å²) in [6, 6.07) is 12.1. The summed E-state index contributed by atoms with van der Waals surface area (Å²) in [5.41, 5.74) is 1.07. The Labute approximate surface area is 150 Å². The predicted octanol–water partition coefficient (Wildman–Crippen LogP) is 4.66. The molecule has 0 radical (unpaired) electrons. The van der Waals surface area contributed by atoms with Crippen LogP contribution in [-0.2, 0) is 9.59 Å². The molecular formula is C18H16Cl2N2O2. The number of carbonyl (C=O) groups is 2. The zero-order valence-electron chi connectivity index (χ0n) is 13.0. The summed E-state index contributed by atoms with van der Waals surface area (Å²) in [7, 11) is 0. The van der Waals surface area contributed by atoms with Crippen molar-refractivity contribution in [3.63, 3.8) is 0 Å². The van der Waals surface area contributed by atoms with Crippen molar-refractivity contribution < 1.29 is 9.59 Å². The number of amides is 2. The van der Waals surface area contributed by atoms with Crippen LogP contribution in [0.3, 0.4) is 0 Å². The Morgan fingerprint density at radius 1 is 0.958 bits per heavy atom. The molecule has 24 heavy (non-hydrogen) atoms. The third-order valence-corrected chi connectivity index (χ3v) is 4.61. The number of halogens is 2. The second kappa shape index (κ2) is 6.46. The van der Waals surface area contributed by atoms with Gasteiger partial charge in [-0.15, -0.1) is 0 Å². The van der Waals surface area contributed by atoms with Crippen LogP contribution < -0.4 is 10.6 Å². The molecule has 2 amide bonds. The van der Waals surface area contributed by atoms with Gasteiger partial charge in [-0.1, -0.05) is 29.3 Å². The van der Waals surface area contributed by atoms with Gasteiger partial charge in [-0.2, -0.15) is 0 Å². The fourth-order valence-electron chi connectivity index (χ4n) is 2.51. The molecule has 3 rings (SSSR count). The number of hydrogen-bond donors (Lipinski definition) is 2. The van der Waals surface area contributed by atoms with Crippen molar-refractivity contribution in [3.05, 3.63) is 58.1 Å². The molecule has 2 aromatic rings. The van der Waals surface area contributed by atoms with Crippen molar-refractivity contribution in [1.82, 2.24) is 0 Å². The Kier molecular flexibility index (Phi) is 4.52. The van der Waals surface area contributed by atoms with E-state index in [1.807, 2.05) is 6.92 Å². The molecule has 0 atom stereocenters. The van der Waals surface area contributed by atoms with E-state index in [4.69, 9.17) is 23.2 Å². The third-order valence-electron chi connectivity index (χ3n) is 4.14. The van der Waals surface area contributed by atoms with E-state index in [9.17, 15) is 9.59 Å². The average Bonchev–Trinajstić information content (AvgIpc) is 3.32. The first-order valence-electron chi connectivity index (χ1n) is 7.55. The highest BCUT2D eigenvalue weighted by atomic mass is 35.5. The molecule has 0 unspecified atom stereocenters. The Hall–Kier alpha value is -2.04. The number of benzene rings is 2. The lowest BCUT2D eigenvalue weighted by Gasteiger charge is -2.16. The first kappa shape index (κ1) is 16.8. The number of hydrogen-bond acceptors (Lipinski definition) is 2. The minimum Gasteiger partial charge on any atom is -0.325 e. The zero-order chi connectivity index (χ0) is 17.3. The van der Waals surface area contributed by atoms with Crippen molar-refractivity contribution in [2.45, 2.75) is 19.8 Å². The van der Waals surface area contributed by atoms with Crippen LogP contribution in [0.2, 0.25) is 10.0 Å². The van der Waals surface area contributed by atoms with Gasteiger partial charge >= 0.3 is 0 Å². The summed E-state index contributed by atoms with van der Waals surface area (Å²) in [5.74, 6) is -0.610. The Balaban J connectivity index is 1.73. The lowest BCUT2D eigenvalue weighted by atomic mass is 10.0. The van der Waals surface area contributed by atoms with Crippen molar-refractivity contribution in [2.24, 2.45) is 5.41 Å². The van der Waals surface area contributed by atoms with Crippen molar-refractivity contribution in [2.75, 3.05) is 10.6 Å². The van der Waals surface area contributed by atoms with Gasteiger partial charge in [-0.3, -0.25) is 9.59 Å². The molecule has 0 saturated heterocycles. The number of rotatable bonds is 4. The van der Waals surface area contributed by atoms with Gasteiger partial charge in [0.25, 0.3) is 0 Å². The van der Waals surface area contributed by atoms with Crippen LogP contribution in [0, 0.1) is 12.3 Å². The molecule has 124 valence electrons. The number of anilines is 2. The predicted molar refractivity (Wildman–Crippen MR) is 96.6 cm³/mol. The van der Waals surface area contributed by atoms with E-state index < -0.39 is 5.41 Å². The van der Waals surface area contributed by atoms with Gasteiger partial charge in [0, 0.05) is 21.4 Å². The average molecular weight is 363 g/mol. The number of aryl methyl sites for hydroxylation is 1. The lowest BCUT2D eigenvalue weighted by molar-refractivity contribution is -0.131. The molecule has 2 N–H and O–H groups in total. The van der Waals surface area contributed by atoms with Gasteiger partial charge in [0.1, 0.15) is 5.41 Å². The van der Waals surface area contributed by atoms with E-state index in [0.717, 1.165) is 5.56 Å². The fourth-order valence-corrected chi connectivity index (χ4v) is 2.93. The van der Waals surface area contributed by atoms with E-state index in [1.165, 1.54) is 0 Å². The first-order valence-corrected chi connectivity index (χ1v) is 8.31. The van der Waals surface area contributed by atoms with Crippen LogP contribution in [0.1, 0.15) is 18.4 Å². The standard InChI is InChI=1S/C18H16Cl2N2O2/c1-11-9-13(20)5-6-15(11)22-17(24)18(7-8-18)16(23)21-14-4-2-3-12(19)10-14/h2-6,9-10H,7-8H2,1H3,(H,21,23)(H,22,24). The molecule has 0 heterocycles. The monoisotopic (exact) mass is 362 g/mol. The minimum atomic E-state index is -1.02. The van der Waals surface area contributed by atoms with E-state index in [2.05, 4.69) is 10.6 Å². The SMILES string of the molecule is Cc1cc(Cl)ccc1NC(=O)C1(C(=O)Nc2cccc(Cl)c2)CC1. The van der Waals surface area contributed by atoms with Crippen molar-refractivity contribution >= 4 is 46.4 Å². The van der Waals surface area contributed by atoms with E-state index in [-0.39, 0.29) is 11.8 Å². The summed E-state index contributed by atoms with van der Waals surface area (Å²) in [4.78, 5) is 25.1. The molecule has 0 spiro atoms. The van der Waals surface area contributed by atoms with Gasteiger partial charge in [0.05, 0.1) is 0 Å². The van der Waals surface area contributed by atoms with Gasteiger partial charge < -0.3 is 10.6 Å². The molecule has 6 heteroatoms. The molecule has 1 fully saturated rings. The Morgan fingerprint density at radius 3 is 2.25 bits per heavy atom. The highest BCUT2D eigenvalue weighted by Crippen LogP contribution is 2.47. The molecule has 0 bridgehead atoms. The Morgan fingerprint density at radius 2 is 1.62 bits per heavy atom. The summed E-state index contributed by atoms with van der Waals surface area (Å²) in [5, 5.41) is 6.73. The van der Waals surface area contributed by atoms with Crippen LogP contribution >= 0.6 is 23.2 Å². The highest BCUT2D eigenvalue weighted by Gasteiger charge is 2.56. The van der Waals surface area contributed by atoms with Crippen LogP contribution in [0.15, 0.2) is 42.5 Å². The van der Waals surface area contributed by atoms with Crippen molar-refractivity contribution in [3.8, 4) is 0 Å². The van der Waals surface area contributed by atoms with Crippen LogP contribution in [0.25, 0.3) is 0 Å². The number of carbonyl (C=O) groups excluding carboxylic acids is 2. The second-order valence-electron chi connectivity index (χ2n) is 5.96. The lowest BCUT2D eigenvalue weighted by Crippen LogP contribution is -2.35. The molecular weight excluding hydrogens is 347 g/mol. The van der Waals surface area contributed by atoms with Gasteiger partial charge in [-0.25, -0.2) is 0 Å². The third kappa shape index (κ3) is 3.40. The van der Waals surface area contributed by atoms with Crippen LogP contribution in [-0.4, -0.2) is 11.8 Å². The summed E-state index contributed by atoms with van der Waals surface area (Å²) < 4.78 is 0. The van der Waals surface area contributed by atoms with Gasteiger partial charge in [0.15, 0.2) is 0 Å². The summed E-state index contributed by atoms with van der Waals surface area (Å²) >= 11 is 11.8. The maximum absolute atomic E-state index is 12.6. The first-order chi connectivity index (χ1) is 11.4. The molecule has 1 saturated carbocycles. The molecule has 1 aliphatic rings. The normalized spacial score (nSPS) is 14.8. The maximum atomic E-state index is 12.6. The van der Waals surface area contributed by atoms with Gasteiger partial charge in [-0.05, 0) is 61.7 Å². The molecule has 4 nitrogen and oxygen atoms in total. The second-order valence-corrected chi connectivity index (χ2v) is 6.83. The topological polar surface area (TPSA) is 58.2 Å². The minimum absolute atomic E-state index is 0.299. The van der Waals surface area contributed by atoms with Crippen LogP contribution in [0.5, 0.6) is 0 Å². The largest absolute Gasteiger partial charge is 0.325 e. The molecule has 0 aliphatic heterocycles. The zero-order valence-corrected chi connectivity index (χ0v) is 14.5. The van der Waals surface area contributed by atoms with E-state index in [1.54, 1.807) is 42.5 Å². The number of nitrogens with one attached hydrogen (secondary N) is 2. The molecule has 0 aromatic heterocycles. The highest BCUT2D eigenvalue weighted by molar-refractivity contribution is 6.31. The van der Waals surface area contributed by atoms with Gasteiger partial charge in [0.2, 0.25) is 11.8 Å². The fraction of sp³-hybridized carbons (Fsp3) is 0.222.